The van der Waals surface area contributed by atoms with Gasteiger partial charge in [0, 0.05) is 36.7 Å². The molecule has 0 aliphatic carbocycles. The fourth-order valence-corrected chi connectivity index (χ4v) is 4.02. The number of nitrogens with one attached hydrogen (secondary N) is 4. The summed E-state index contributed by atoms with van der Waals surface area (Å²) in [6.07, 6.45) is 2.55. The first-order valence-corrected chi connectivity index (χ1v) is 11.9. The fourth-order valence-electron chi connectivity index (χ4n) is 3.15. The SMILES string of the molecule is CCNC(=NCCS(=O)(=O)NCc1ccccc1)NCCc1c[nH]c2ccc(F)cc12. The number of benzene rings is 2. The molecule has 0 unspecified atom stereocenters. The highest BCUT2D eigenvalue weighted by atomic mass is 32.2. The molecule has 0 bridgehead atoms. The second kappa shape index (κ2) is 10.9. The molecule has 31 heavy (non-hydrogen) atoms. The molecule has 3 aromatic rings. The van der Waals surface area contributed by atoms with Crippen LogP contribution < -0.4 is 15.4 Å². The van der Waals surface area contributed by atoms with Crippen LogP contribution in [0.15, 0.2) is 59.7 Å². The summed E-state index contributed by atoms with van der Waals surface area (Å²) in [4.78, 5) is 7.50. The van der Waals surface area contributed by atoms with E-state index in [1.807, 2.05) is 43.5 Å². The fraction of sp³-hybridized carbons (Fsp3) is 0.318. The molecule has 0 saturated heterocycles. The molecule has 0 atom stereocenters. The first kappa shape index (κ1) is 22.8. The highest BCUT2D eigenvalue weighted by molar-refractivity contribution is 7.89. The van der Waals surface area contributed by atoms with Gasteiger partial charge < -0.3 is 15.6 Å². The van der Waals surface area contributed by atoms with Crippen molar-refractivity contribution in [2.45, 2.75) is 19.9 Å². The van der Waals surface area contributed by atoms with Crippen LogP contribution in [-0.4, -0.2) is 44.7 Å². The number of aliphatic imine (C=N–C) groups is 1. The molecule has 2 aromatic carbocycles. The number of halogens is 1. The van der Waals surface area contributed by atoms with E-state index in [1.54, 1.807) is 6.07 Å². The van der Waals surface area contributed by atoms with Crippen molar-refractivity contribution in [3.63, 3.8) is 0 Å². The second-order valence-electron chi connectivity index (χ2n) is 7.07. The Bertz CT molecular complexity index is 1110. The van der Waals surface area contributed by atoms with Gasteiger partial charge in [0.25, 0.3) is 0 Å². The van der Waals surface area contributed by atoms with Crippen LogP contribution in [0.4, 0.5) is 4.39 Å². The predicted octanol–water partition coefficient (Wildman–Crippen LogP) is 2.52. The molecule has 7 nitrogen and oxygen atoms in total. The van der Waals surface area contributed by atoms with Crippen LogP contribution in [0.1, 0.15) is 18.1 Å². The highest BCUT2D eigenvalue weighted by Crippen LogP contribution is 2.19. The van der Waals surface area contributed by atoms with E-state index in [-0.39, 0.29) is 24.7 Å². The van der Waals surface area contributed by atoms with Crippen LogP contribution in [0.5, 0.6) is 0 Å². The van der Waals surface area contributed by atoms with Crippen molar-refractivity contribution in [2.24, 2.45) is 4.99 Å². The maximum Gasteiger partial charge on any atom is 0.213 e. The number of rotatable bonds is 10. The summed E-state index contributed by atoms with van der Waals surface area (Å²) >= 11 is 0. The van der Waals surface area contributed by atoms with Crippen molar-refractivity contribution in [1.82, 2.24) is 20.3 Å². The Balaban J connectivity index is 1.49. The molecule has 1 heterocycles. The Morgan fingerprint density at radius 2 is 1.94 bits per heavy atom. The molecule has 1 aromatic heterocycles. The minimum atomic E-state index is -3.43. The second-order valence-corrected chi connectivity index (χ2v) is 8.99. The molecule has 0 fully saturated rings. The van der Waals surface area contributed by atoms with Crippen molar-refractivity contribution >= 4 is 26.9 Å². The number of aromatic amines is 1. The quantitative estimate of drug-likeness (QED) is 0.285. The summed E-state index contributed by atoms with van der Waals surface area (Å²) in [5.74, 6) is 0.183. The largest absolute Gasteiger partial charge is 0.361 e. The summed E-state index contributed by atoms with van der Waals surface area (Å²) < 4.78 is 40.5. The average molecular weight is 446 g/mol. The van der Waals surface area contributed by atoms with Gasteiger partial charge in [0.1, 0.15) is 5.82 Å². The first-order chi connectivity index (χ1) is 15.0. The molecule has 0 amide bonds. The number of guanidine groups is 1. The van der Waals surface area contributed by atoms with Gasteiger partial charge in [-0.2, -0.15) is 0 Å². The van der Waals surface area contributed by atoms with Gasteiger partial charge in [0.05, 0.1) is 12.3 Å². The summed E-state index contributed by atoms with van der Waals surface area (Å²) in [5, 5.41) is 7.17. The van der Waals surface area contributed by atoms with Gasteiger partial charge in [-0.25, -0.2) is 17.5 Å². The predicted molar refractivity (Wildman–Crippen MR) is 123 cm³/mol. The number of nitrogens with zero attached hydrogens (tertiary/aromatic N) is 1. The zero-order chi connectivity index (χ0) is 22.1. The standard InChI is InChI=1S/C22H28FN5O2S/c1-2-24-22(25-11-10-18-16-27-21-9-8-19(23)14-20(18)21)26-12-13-31(29,30)28-15-17-6-4-3-5-7-17/h3-9,14,16,27-28H,2,10-13,15H2,1H3,(H2,24,25,26). The third-order valence-electron chi connectivity index (χ3n) is 4.73. The lowest BCUT2D eigenvalue weighted by Gasteiger charge is -2.11. The Morgan fingerprint density at radius 1 is 1.13 bits per heavy atom. The average Bonchev–Trinajstić information content (AvgIpc) is 3.15. The highest BCUT2D eigenvalue weighted by Gasteiger charge is 2.10. The molecule has 166 valence electrons. The lowest BCUT2D eigenvalue weighted by Crippen LogP contribution is -2.39. The van der Waals surface area contributed by atoms with Crippen LogP contribution in [0, 0.1) is 5.82 Å². The summed E-state index contributed by atoms with van der Waals surface area (Å²) in [5.41, 5.74) is 2.80. The molecular weight excluding hydrogens is 417 g/mol. The van der Waals surface area contributed by atoms with E-state index in [0.717, 1.165) is 22.0 Å². The third-order valence-corrected chi connectivity index (χ3v) is 6.03. The van der Waals surface area contributed by atoms with Crippen molar-refractivity contribution in [1.29, 1.82) is 0 Å². The zero-order valence-corrected chi connectivity index (χ0v) is 18.3. The van der Waals surface area contributed by atoms with E-state index in [4.69, 9.17) is 0 Å². The van der Waals surface area contributed by atoms with Crippen molar-refractivity contribution < 1.29 is 12.8 Å². The first-order valence-electron chi connectivity index (χ1n) is 10.3. The lowest BCUT2D eigenvalue weighted by atomic mass is 10.1. The minimum Gasteiger partial charge on any atom is -0.361 e. The normalized spacial score (nSPS) is 12.3. The van der Waals surface area contributed by atoms with Crippen LogP contribution >= 0.6 is 0 Å². The van der Waals surface area contributed by atoms with Crippen LogP contribution in [0.3, 0.4) is 0 Å². The van der Waals surface area contributed by atoms with Gasteiger partial charge in [0.15, 0.2) is 5.96 Å². The molecule has 0 saturated carbocycles. The summed E-state index contributed by atoms with van der Waals surface area (Å²) in [6.45, 7) is 3.57. The molecule has 0 radical (unpaired) electrons. The Morgan fingerprint density at radius 3 is 2.71 bits per heavy atom. The van der Waals surface area contributed by atoms with Crippen molar-refractivity contribution in [2.75, 3.05) is 25.4 Å². The number of sulfonamides is 1. The number of hydrogen-bond acceptors (Lipinski definition) is 3. The molecule has 4 N–H and O–H groups in total. The number of aromatic nitrogens is 1. The molecule has 0 aliphatic rings. The monoisotopic (exact) mass is 445 g/mol. The number of fused-ring (bicyclic) bond motifs is 1. The van der Waals surface area contributed by atoms with Crippen LogP contribution in [0.2, 0.25) is 0 Å². The number of hydrogen-bond donors (Lipinski definition) is 4. The Hall–Kier alpha value is -2.91. The van der Waals surface area contributed by atoms with Gasteiger partial charge in [-0.3, -0.25) is 4.99 Å². The van der Waals surface area contributed by atoms with Crippen molar-refractivity contribution in [3.8, 4) is 0 Å². The topological polar surface area (TPSA) is 98.4 Å². The lowest BCUT2D eigenvalue weighted by molar-refractivity contribution is 0.581. The minimum absolute atomic E-state index is 0.0991. The van der Waals surface area contributed by atoms with E-state index in [0.29, 0.717) is 25.5 Å². The maximum atomic E-state index is 13.5. The summed E-state index contributed by atoms with van der Waals surface area (Å²) in [6, 6.07) is 14.0. The zero-order valence-electron chi connectivity index (χ0n) is 17.5. The smallest absolute Gasteiger partial charge is 0.213 e. The van der Waals surface area contributed by atoms with E-state index < -0.39 is 10.0 Å². The van der Waals surface area contributed by atoms with E-state index in [1.165, 1.54) is 12.1 Å². The van der Waals surface area contributed by atoms with E-state index in [9.17, 15) is 12.8 Å². The Kier molecular flexibility index (Phi) is 8.02. The Labute approximate surface area is 182 Å². The maximum absolute atomic E-state index is 13.5. The molecule has 9 heteroatoms. The molecular formula is C22H28FN5O2S. The van der Waals surface area contributed by atoms with Crippen LogP contribution in [0.25, 0.3) is 10.9 Å². The molecule has 0 aliphatic heterocycles. The molecule has 0 spiro atoms. The van der Waals surface area contributed by atoms with Gasteiger partial charge in [-0.15, -0.1) is 0 Å². The van der Waals surface area contributed by atoms with Crippen molar-refractivity contribution in [3.05, 3.63) is 71.7 Å². The van der Waals surface area contributed by atoms with E-state index >= 15 is 0 Å². The van der Waals surface area contributed by atoms with Gasteiger partial charge in [-0.05, 0) is 42.7 Å². The summed E-state index contributed by atoms with van der Waals surface area (Å²) in [7, 11) is -3.43. The molecule has 3 rings (SSSR count). The van der Waals surface area contributed by atoms with Crippen LogP contribution in [-0.2, 0) is 23.0 Å². The van der Waals surface area contributed by atoms with Gasteiger partial charge in [0.2, 0.25) is 10.0 Å². The third kappa shape index (κ3) is 7.08. The van der Waals surface area contributed by atoms with Gasteiger partial charge in [-0.1, -0.05) is 30.3 Å². The van der Waals surface area contributed by atoms with E-state index in [2.05, 4.69) is 25.3 Å². The van der Waals surface area contributed by atoms with Gasteiger partial charge >= 0.3 is 0 Å². The number of H-pyrrole nitrogens is 1.